The molecule has 0 aliphatic carbocycles. The molecule has 3 heteroatoms. The Kier molecular flexibility index (Phi) is 5.77. The maximum Gasteiger partial charge on any atom is 0.0624 e. The van der Waals surface area contributed by atoms with Gasteiger partial charge in [0.1, 0.15) is 0 Å². The summed E-state index contributed by atoms with van der Waals surface area (Å²) in [5.41, 5.74) is 7.96. The van der Waals surface area contributed by atoms with Crippen molar-refractivity contribution in [3.05, 3.63) is 35.4 Å². The van der Waals surface area contributed by atoms with Crippen molar-refractivity contribution in [2.24, 2.45) is 5.73 Å². The highest BCUT2D eigenvalue weighted by atomic mass is 35.5. The molecule has 3 N–H and O–H groups in total. The molecule has 14 heavy (non-hydrogen) atoms. The molecule has 1 rings (SSSR count). The van der Waals surface area contributed by atoms with Crippen molar-refractivity contribution in [3.63, 3.8) is 0 Å². The Balaban J connectivity index is 0.00000169. The predicted octanol–water partition coefficient (Wildman–Crippen LogP) is 2.22. The third-order valence-corrected chi connectivity index (χ3v) is 2.23. The van der Waals surface area contributed by atoms with Crippen LogP contribution in [0.3, 0.4) is 0 Å². The fraction of sp³-hybridized carbons (Fsp3) is 0.455. The molecule has 0 aromatic heterocycles. The molecule has 0 amide bonds. The largest absolute Gasteiger partial charge is 0.394 e. The first kappa shape index (κ1) is 13.4. The molecule has 1 aromatic carbocycles. The summed E-state index contributed by atoms with van der Waals surface area (Å²) in [5, 5.41) is 8.84. The maximum atomic E-state index is 8.84. The van der Waals surface area contributed by atoms with E-state index in [0.29, 0.717) is 5.92 Å². The smallest absolute Gasteiger partial charge is 0.0624 e. The molecule has 0 saturated carbocycles. The number of halogens is 1. The Bertz CT molecular complexity index is 258. The van der Waals surface area contributed by atoms with E-state index in [1.54, 1.807) is 0 Å². The van der Waals surface area contributed by atoms with Crippen LogP contribution in [0.25, 0.3) is 0 Å². The second-order valence-electron chi connectivity index (χ2n) is 3.61. The van der Waals surface area contributed by atoms with Crippen LogP contribution in [0, 0.1) is 0 Å². The van der Waals surface area contributed by atoms with Crippen LogP contribution >= 0.6 is 12.4 Å². The molecular formula is C11H18ClNO. The highest BCUT2D eigenvalue weighted by Crippen LogP contribution is 2.17. The minimum Gasteiger partial charge on any atom is -0.394 e. The van der Waals surface area contributed by atoms with Gasteiger partial charge in [-0.1, -0.05) is 38.1 Å². The van der Waals surface area contributed by atoms with E-state index in [4.69, 9.17) is 10.8 Å². The average Bonchev–Trinajstić information content (AvgIpc) is 2.17. The van der Waals surface area contributed by atoms with Gasteiger partial charge in [0.15, 0.2) is 0 Å². The summed E-state index contributed by atoms with van der Waals surface area (Å²) in [6.45, 7) is 4.31. The number of aliphatic hydroxyl groups is 1. The van der Waals surface area contributed by atoms with Crippen LogP contribution in [0.1, 0.15) is 36.9 Å². The molecule has 0 bridgehead atoms. The molecule has 0 unspecified atom stereocenters. The van der Waals surface area contributed by atoms with E-state index in [1.807, 2.05) is 12.1 Å². The third kappa shape index (κ3) is 3.29. The molecule has 0 radical (unpaired) electrons. The number of hydrogen-bond acceptors (Lipinski definition) is 2. The van der Waals surface area contributed by atoms with E-state index in [1.165, 1.54) is 5.56 Å². The van der Waals surface area contributed by atoms with Crippen molar-refractivity contribution >= 4 is 12.4 Å². The quantitative estimate of drug-likeness (QED) is 0.813. The van der Waals surface area contributed by atoms with E-state index in [0.717, 1.165) is 5.56 Å². The number of benzene rings is 1. The van der Waals surface area contributed by atoms with Crippen LogP contribution in [-0.4, -0.2) is 11.7 Å². The monoisotopic (exact) mass is 215 g/mol. The zero-order valence-corrected chi connectivity index (χ0v) is 9.42. The van der Waals surface area contributed by atoms with Crippen molar-refractivity contribution < 1.29 is 5.11 Å². The molecule has 80 valence electrons. The Hall–Kier alpha value is -0.570. The lowest BCUT2D eigenvalue weighted by Crippen LogP contribution is -2.14. The Morgan fingerprint density at radius 2 is 1.57 bits per heavy atom. The summed E-state index contributed by atoms with van der Waals surface area (Å²) in [6.07, 6.45) is 0. The number of aliphatic hydroxyl groups excluding tert-OH is 1. The molecule has 1 aromatic rings. The zero-order chi connectivity index (χ0) is 9.84. The van der Waals surface area contributed by atoms with Gasteiger partial charge in [0, 0.05) is 0 Å². The van der Waals surface area contributed by atoms with Crippen molar-refractivity contribution in [1.82, 2.24) is 0 Å². The second kappa shape index (κ2) is 6.02. The fourth-order valence-electron chi connectivity index (χ4n) is 1.23. The second-order valence-corrected chi connectivity index (χ2v) is 3.61. The van der Waals surface area contributed by atoms with E-state index >= 15 is 0 Å². The zero-order valence-electron chi connectivity index (χ0n) is 8.60. The first-order valence-electron chi connectivity index (χ1n) is 4.61. The van der Waals surface area contributed by atoms with Gasteiger partial charge in [-0.2, -0.15) is 0 Å². The predicted molar refractivity (Wildman–Crippen MR) is 61.8 cm³/mol. The molecule has 0 heterocycles. The van der Waals surface area contributed by atoms with Gasteiger partial charge in [-0.3, -0.25) is 0 Å². The van der Waals surface area contributed by atoms with Crippen LogP contribution in [-0.2, 0) is 0 Å². The standard InChI is InChI=1S/C11H17NO.ClH/c1-8(2)9-3-5-10(6-4-9)11(12)7-13;/h3-6,8,11,13H,7,12H2,1-2H3;1H/t11-;/m1./s1. The van der Waals surface area contributed by atoms with Gasteiger partial charge in [0.25, 0.3) is 0 Å². The maximum absolute atomic E-state index is 8.84. The molecular weight excluding hydrogens is 198 g/mol. The normalized spacial score (nSPS) is 12.4. The van der Waals surface area contributed by atoms with Crippen LogP contribution in [0.4, 0.5) is 0 Å². The molecule has 1 atom stereocenters. The molecule has 0 saturated heterocycles. The minimum atomic E-state index is -0.249. The molecule has 0 spiro atoms. The lowest BCUT2D eigenvalue weighted by molar-refractivity contribution is 0.268. The van der Waals surface area contributed by atoms with Crippen LogP contribution in [0.15, 0.2) is 24.3 Å². The molecule has 0 aliphatic rings. The van der Waals surface area contributed by atoms with Crippen molar-refractivity contribution in [3.8, 4) is 0 Å². The summed E-state index contributed by atoms with van der Waals surface area (Å²) < 4.78 is 0. The van der Waals surface area contributed by atoms with E-state index < -0.39 is 0 Å². The number of rotatable bonds is 3. The summed E-state index contributed by atoms with van der Waals surface area (Å²) in [4.78, 5) is 0. The minimum absolute atomic E-state index is 0. The first-order chi connectivity index (χ1) is 6.15. The highest BCUT2D eigenvalue weighted by Gasteiger charge is 2.04. The Morgan fingerprint density at radius 1 is 1.14 bits per heavy atom. The van der Waals surface area contributed by atoms with Crippen LogP contribution < -0.4 is 5.73 Å². The molecule has 0 aliphatic heterocycles. The van der Waals surface area contributed by atoms with E-state index in [2.05, 4.69) is 26.0 Å². The van der Waals surface area contributed by atoms with Gasteiger partial charge in [0.05, 0.1) is 12.6 Å². The van der Waals surface area contributed by atoms with E-state index in [9.17, 15) is 0 Å². The topological polar surface area (TPSA) is 46.2 Å². The van der Waals surface area contributed by atoms with Crippen molar-refractivity contribution in [2.75, 3.05) is 6.61 Å². The fourth-order valence-corrected chi connectivity index (χ4v) is 1.23. The van der Waals surface area contributed by atoms with Gasteiger partial charge < -0.3 is 10.8 Å². The van der Waals surface area contributed by atoms with Gasteiger partial charge in [-0.15, -0.1) is 12.4 Å². The first-order valence-corrected chi connectivity index (χ1v) is 4.61. The summed E-state index contributed by atoms with van der Waals surface area (Å²) >= 11 is 0. The highest BCUT2D eigenvalue weighted by molar-refractivity contribution is 5.85. The van der Waals surface area contributed by atoms with Crippen molar-refractivity contribution in [2.45, 2.75) is 25.8 Å². The summed E-state index contributed by atoms with van der Waals surface area (Å²) in [5.74, 6) is 0.541. The average molecular weight is 216 g/mol. The number of nitrogens with two attached hydrogens (primary N) is 1. The number of hydrogen-bond donors (Lipinski definition) is 2. The Morgan fingerprint density at radius 3 is 1.93 bits per heavy atom. The lowest BCUT2D eigenvalue weighted by atomic mass is 10.00. The van der Waals surface area contributed by atoms with Crippen LogP contribution in [0.5, 0.6) is 0 Å². The molecule has 0 fully saturated rings. The van der Waals surface area contributed by atoms with Gasteiger partial charge in [-0.25, -0.2) is 0 Å². The van der Waals surface area contributed by atoms with Crippen LogP contribution in [0.2, 0.25) is 0 Å². The SMILES string of the molecule is CC(C)c1ccc([C@H](N)CO)cc1.Cl. The van der Waals surface area contributed by atoms with Gasteiger partial charge >= 0.3 is 0 Å². The van der Waals surface area contributed by atoms with Gasteiger partial charge in [-0.05, 0) is 17.0 Å². The van der Waals surface area contributed by atoms with Gasteiger partial charge in [0.2, 0.25) is 0 Å². The summed E-state index contributed by atoms with van der Waals surface area (Å²) in [7, 11) is 0. The third-order valence-electron chi connectivity index (χ3n) is 2.23. The Labute approximate surface area is 91.5 Å². The lowest BCUT2D eigenvalue weighted by Gasteiger charge is -2.10. The molecule has 2 nitrogen and oxygen atoms in total. The van der Waals surface area contributed by atoms with E-state index in [-0.39, 0.29) is 25.1 Å². The summed E-state index contributed by atoms with van der Waals surface area (Å²) in [6, 6.07) is 7.85. The van der Waals surface area contributed by atoms with Crippen molar-refractivity contribution in [1.29, 1.82) is 0 Å².